The van der Waals surface area contributed by atoms with Crippen molar-refractivity contribution >= 4 is 17.4 Å². The smallest absolute Gasteiger partial charge is 0.315 e. The summed E-state index contributed by atoms with van der Waals surface area (Å²) in [4.78, 5) is 16.5. The fourth-order valence-corrected chi connectivity index (χ4v) is 3.30. The molecule has 8 heteroatoms. The van der Waals surface area contributed by atoms with Crippen LogP contribution >= 0.6 is 11.3 Å². The van der Waals surface area contributed by atoms with Gasteiger partial charge in [0.15, 0.2) is 0 Å². The molecule has 130 valence electrons. The van der Waals surface area contributed by atoms with Gasteiger partial charge in [-0.05, 0) is 13.8 Å². The molecule has 1 aromatic rings. The predicted octanol–water partition coefficient (Wildman–Crippen LogP) is 1.37. The number of amides is 2. The van der Waals surface area contributed by atoms with Gasteiger partial charge in [-0.25, -0.2) is 9.78 Å². The van der Waals surface area contributed by atoms with Crippen molar-refractivity contribution in [3.8, 4) is 0 Å². The van der Waals surface area contributed by atoms with Crippen molar-refractivity contribution in [1.29, 1.82) is 0 Å². The Kier molecular flexibility index (Phi) is 6.76. The summed E-state index contributed by atoms with van der Waals surface area (Å²) >= 11 is 1.53. The fraction of sp³-hybridized carbons (Fsp3) is 0.733. The van der Waals surface area contributed by atoms with Crippen molar-refractivity contribution in [2.75, 3.05) is 33.0 Å². The first-order valence-corrected chi connectivity index (χ1v) is 8.71. The summed E-state index contributed by atoms with van der Waals surface area (Å²) in [6.45, 7) is 5.66. The van der Waals surface area contributed by atoms with E-state index >= 15 is 0 Å². The zero-order chi connectivity index (χ0) is 16.7. The van der Waals surface area contributed by atoms with Gasteiger partial charge in [0.25, 0.3) is 0 Å². The van der Waals surface area contributed by atoms with E-state index in [1.54, 1.807) is 0 Å². The topological polar surface area (TPSA) is 92.7 Å². The van der Waals surface area contributed by atoms with Crippen LogP contribution in [-0.4, -0.2) is 54.7 Å². The van der Waals surface area contributed by atoms with Gasteiger partial charge in [0, 0.05) is 43.7 Å². The Morgan fingerprint density at radius 1 is 1.57 bits per heavy atom. The van der Waals surface area contributed by atoms with Gasteiger partial charge < -0.3 is 25.2 Å². The van der Waals surface area contributed by atoms with Gasteiger partial charge in [-0.15, -0.1) is 11.3 Å². The Bertz CT molecular complexity index is 503. The second-order valence-electron chi connectivity index (χ2n) is 5.74. The molecule has 23 heavy (non-hydrogen) atoms. The fourth-order valence-electron chi connectivity index (χ4n) is 2.50. The Hall–Kier alpha value is -1.22. The number of thiazole rings is 1. The van der Waals surface area contributed by atoms with Crippen molar-refractivity contribution < 1.29 is 19.4 Å². The number of rotatable bonds is 7. The maximum atomic E-state index is 12.1. The highest BCUT2D eigenvalue weighted by molar-refractivity contribution is 7.09. The van der Waals surface area contributed by atoms with Crippen molar-refractivity contribution in [3.05, 3.63) is 16.1 Å². The molecular weight excluding hydrogens is 318 g/mol. The lowest BCUT2D eigenvalue weighted by Gasteiger charge is -2.37. The van der Waals surface area contributed by atoms with Gasteiger partial charge >= 0.3 is 6.03 Å². The normalized spacial score (nSPS) is 18.4. The van der Waals surface area contributed by atoms with Crippen LogP contribution in [0.2, 0.25) is 0 Å². The van der Waals surface area contributed by atoms with Crippen LogP contribution in [0.15, 0.2) is 5.38 Å². The second-order valence-corrected chi connectivity index (χ2v) is 6.63. The third-order valence-corrected chi connectivity index (χ3v) is 4.97. The third-order valence-electron chi connectivity index (χ3n) is 3.83. The average molecular weight is 343 g/mol. The van der Waals surface area contributed by atoms with Crippen LogP contribution in [0.4, 0.5) is 4.79 Å². The van der Waals surface area contributed by atoms with Crippen LogP contribution in [0, 0.1) is 6.92 Å². The quantitative estimate of drug-likeness (QED) is 0.695. The molecule has 0 aromatic carbocycles. The van der Waals surface area contributed by atoms with Gasteiger partial charge in [0.2, 0.25) is 0 Å². The number of aryl methyl sites for hydroxylation is 1. The van der Waals surface area contributed by atoms with Crippen LogP contribution in [0.3, 0.4) is 0 Å². The molecule has 0 saturated carbocycles. The lowest BCUT2D eigenvalue weighted by molar-refractivity contribution is -0.114. The van der Waals surface area contributed by atoms with Gasteiger partial charge in [0.1, 0.15) is 5.01 Å². The highest BCUT2D eigenvalue weighted by atomic mass is 32.1. The summed E-state index contributed by atoms with van der Waals surface area (Å²) in [7, 11) is 0. The summed E-state index contributed by atoms with van der Waals surface area (Å²) in [6, 6.07) is -0.387. The van der Waals surface area contributed by atoms with E-state index in [0.29, 0.717) is 32.6 Å². The van der Waals surface area contributed by atoms with Crippen molar-refractivity contribution in [1.82, 2.24) is 15.6 Å². The molecular formula is C15H25N3O4S. The van der Waals surface area contributed by atoms with E-state index in [0.717, 1.165) is 10.7 Å². The zero-order valence-electron chi connectivity index (χ0n) is 13.6. The number of hydrogen-bond acceptors (Lipinski definition) is 6. The Balaban J connectivity index is 1.83. The predicted molar refractivity (Wildman–Crippen MR) is 87.6 cm³/mol. The Morgan fingerprint density at radius 3 is 2.91 bits per heavy atom. The molecule has 1 atom stereocenters. The van der Waals surface area contributed by atoms with Crippen LogP contribution in [-0.2, 0) is 9.47 Å². The van der Waals surface area contributed by atoms with Crippen LogP contribution in [0.1, 0.15) is 36.5 Å². The van der Waals surface area contributed by atoms with Gasteiger partial charge in [-0.1, -0.05) is 0 Å². The lowest BCUT2D eigenvalue weighted by atomic mass is 9.94. The molecule has 2 heterocycles. The number of carbonyl (C=O) groups excluding carboxylic acids is 1. The summed E-state index contributed by atoms with van der Waals surface area (Å²) in [5, 5.41) is 17.6. The van der Waals surface area contributed by atoms with Crippen molar-refractivity contribution in [3.63, 3.8) is 0 Å². The van der Waals surface area contributed by atoms with Gasteiger partial charge in [0.05, 0.1) is 24.9 Å². The minimum atomic E-state index is -0.459. The maximum Gasteiger partial charge on any atom is 0.315 e. The number of aromatic nitrogens is 1. The number of aliphatic hydroxyl groups is 1. The summed E-state index contributed by atoms with van der Waals surface area (Å²) < 4.78 is 11.1. The van der Waals surface area contributed by atoms with Crippen LogP contribution in [0.5, 0.6) is 0 Å². The molecule has 0 spiro atoms. The molecule has 2 rings (SSSR count). The third kappa shape index (κ3) is 5.42. The summed E-state index contributed by atoms with van der Waals surface area (Å²) in [5.74, 6) is 0. The van der Waals surface area contributed by atoms with E-state index < -0.39 is 5.60 Å². The van der Waals surface area contributed by atoms with Crippen LogP contribution in [0.25, 0.3) is 0 Å². The lowest BCUT2D eigenvalue weighted by Crippen LogP contribution is -2.51. The number of nitrogens with one attached hydrogen (secondary N) is 2. The first-order chi connectivity index (χ1) is 11.0. The average Bonchev–Trinajstić information content (AvgIpc) is 2.99. The van der Waals surface area contributed by atoms with Gasteiger partial charge in [-0.3, -0.25) is 0 Å². The van der Waals surface area contributed by atoms with Gasteiger partial charge in [-0.2, -0.15) is 0 Å². The Labute approximate surface area is 140 Å². The molecule has 3 N–H and O–H groups in total. The molecule has 1 aromatic heterocycles. The molecule has 1 fully saturated rings. The summed E-state index contributed by atoms with van der Waals surface area (Å²) in [5.41, 5.74) is 0.497. The maximum absolute atomic E-state index is 12.1. The standard InChI is InChI=1S/C15H25N3O4S/c1-11-9-23-13(17-11)12(2)18-14(20)16-10-15(22-8-5-19)3-6-21-7-4-15/h9,12,19H,3-8,10H2,1-2H3,(H2,16,18,20). The van der Waals surface area contributed by atoms with E-state index in [-0.39, 0.29) is 25.3 Å². The molecule has 1 saturated heterocycles. The monoisotopic (exact) mass is 343 g/mol. The number of urea groups is 1. The molecule has 7 nitrogen and oxygen atoms in total. The molecule has 1 unspecified atom stereocenters. The molecule has 1 aliphatic heterocycles. The number of aliphatic hydroxyl groups excluding tert-OH is 1. The largest absolute Gasteiger partial charge is 0.394 e. The highest BCUT2D eigenvalue weighted by Gasteiger charge is 2.34. The van der Waals surface area contributed by atoms with E-state index in [1.165, 1.54) is 11.3 Å². The molecule has 1 aliphatic rings. The highest BCUT2D eigenvalue weighted by Crippen LogP contribution is 2.24. The number of hydrogen-bond donors (Lipinski definition) is 3. The number of carbonyl (C=O) groups is 1. The van der Waals surface area contributed by atoms with E-state index in [1.807, 2.05) is 19.2 Å². The van der Waals surface area contributed by atoms with E-state index in [2.05, 4.69) is 15.6 Å². The number of nitrogens with zero attached hydrogens (tertiary/aromatic N) is 1. The SMILES string of the molecule is Cc1csc(C(C)NC(=O)NCC2(OCCO)CCOCC2)n1. The zero-order valence-corrected chi connectivity index (χ0v) is 14.4. The molecule has 0 aliphatic carbocycles. The van der Waals surface area contributed by atoms with Crippen molar-refractivity contribution in [2.45, 2.75) is 38.3 Å². The first kappa shape index (κ1) is 18.1. The molecule has 0 radical (unpaired) electrons. The minimum absolute atomic E-state index is 0.0325. The van der Waals surface area contributed by atoms with Crippen molar-refractivity contribution in [2.24, 2.45) is 0 Å². The van der Waals surface area contributed by atoms with E-state index in [4.69, 9.17) is 14.6 Å². The van der Waals surface area contributed by atoms with Crippen LogP contribution < -0.4 is 10.6 Å². The second kappa shape index (κ2) is 8.58. The van der Waals surface area contributed by atoms with E-state index in [9.17, 15) is 4.79 Å². The first-order valence-electron chi connectivity index (χ1n) is 7.84. The Morgan fingerprint density at radius 2 is 2.30 bits per heavy atom. The minimum Gasteiger partial charge on any atom is -0.394 e. The molecule has 0 bridgehead atoms. The molecule has 2 amide bonds. The summed E-state index contributed by atoms with van der Waals surface area (Å²) in [6.07, 6.45) is 1.41. The number of ether oxygens (including phenoxy) is 2.